The number of hydrogen-bond donors (Lipinski definition) is 1. The third-order valence-electron chi connectivity index (χ3n) is 5.93. The van der Waals surface area contributed by atoms with Crippen molar-refractivity contribution < 1.29 is 18.0 Å². The highest BCUT2D eigenvalue weighted by atomic mass is 35.5. The van der Waals surface area contributed by atoms with Crippen LogP contribution in [-0.2, 0) is 26.2 Å². The van der Waals surface area contributed by atoms with Gasteiger partial charge in [0.2, 0.25) is 21.8 Å². The molecule has 1 N–H and O–H groups in total. The summed E-state index contributed by atoms with van der Waals surface area (Å²) in [7, 11) is -3.59. The standard InChI is InChI=1S/C26H36ClN3O4S/c1-6-23(26(32)28-7-2)29(18-21-12-9-8-11-19(21)3)25(31)13-10-16-30(35(5,33)34)24-17-22(27)15-14-20(24)4/h8-9,11-12,14-15,17,23H,6-7,10,13,16,18H2,1-5H3,(H,28,32)/t23-/m0/s1. The molecule has 0 aliphatic rings. The van der Waals surface area contributed by atoms with Crippen molar-refractivity contribution in [3.63, 3.8) is 0 Å². The molecule has 7 nitrogen and oxygen atoms in total. The number of likely N-dealkylation sites (N-methyl/N-ethyl adjacent to an activating group) is 1. The molecule has 2 rings (SSSR count). The minimum atomic E-state index is -3.59. The second-order valence-corrected chi connectivity index (χ2v) is 11.0. The van der Waals surface area contributed by atoms with Crippen LogP contribution in [0.4, 0.5) is 5.69 Å². The molecule has 0 aromatic heterocycles. The van der Waals surface area contributed by atoms with Crippen molar-refractivity contribution in [3.05, 3.63) is 64.2 Å². The summed E-state index contributed by atoms with van der Waals surface area (Å²) in [6.07, 6.45) is 2.02. The normalized spacial score (nSPS) is 12.2. The Morgan fingerprint density at radius 1 is 1.06 bits per heavy atom. The molecule has 2 aromatic carbocycles. The summed E-state index contributed by atoms with van der Waals surface area (Å²) in [6, 6.07) is 12.3. The van der Waals surface area contributed by atoms with Gasteiger partial charge in [-0.25, -0.2) is 8.42 Å². The predicted molar refractivity (Wildman–Crippen MR) is 142 cm³/mol. The van der Waals surface area contributed by atoms with Gasteiger partial charge in [-0.3, -0.25) is 13.9 Å². The number of halogens is 1. The van der Waals surface area contributed by atoms with Crippen molar-refractivity contribution in [1.29, 1.82) is 0 Å². The third-order valence-corrected chi connectivity index (χ3v) is 7.35. The molecule has 0 saturated heterocycles. The lowest BCUT2D eigenvalue weighted by molar-refractivity contribution is -0.141. The Morgan fingerprint density at radius 2 is 1.74 bits per heavy atom. The molecule has 192 valence electrons. The number of anilines is 1. The second kappa shape index (κ2) is 12.9. The molecule has 9 heteroatoms. The lowest BCUT2D eigenvalue weighted by Gasteiger charge is -2.31. The van der Waals surface area contributed by atoms with Gasteiger partial charge in [0.05, 0.1) is 11.9 Å². The number of benzene rings is 2. The molecule has 2 amide bonds. The van der Waals surface area contributed by atoms with Crippen molar-refractivity contribution in [1.82, 2.24) is 10.2 Å². The van der Waals surface area contributed by atoms with Crippen LogP contribution in [0.5, 0.6) is 0 Å². The Morgan fingerprint density at radius 3 is 2.34 bits per heavy atom. The fourth-order valence-electron chi connectivity index (χ4n) is 4.02. The maximum absolute atomic E-state index is 13.4. The van der Waals surface area contributed by atoms with Gasteiger partial charge < -0.3 is 10.2 Å². The fraction of sp³-hybridized carbons (Fsp3) is 0.462. The van der Waals surface area contributed by atoms with Crippen LogP contribution in [0.15, 0.2) is 42.5 Å². The van der Waals surface area contributed by atoms with Crippen LogP contribution >= 0.6 is 11.6 Å². The molecule has 0 unspecified atom stereocenters. The maximum atomic E-state index is 13.4. The second-order valence-electron chi connectivity index (χ2n) is 8.64. The Labute approximate surface area is 214 Å². The smallest absolute Gasteiger partial charge is 0.242 e. The zero-order valence-corrected chi connectivity index (χ0v) is 22.7. The van der Waals surface area contributed by atoms with Crippen molar-refractivity contribution in [2.24, 2.45) is 0 Å². The third kappa shape index (κ3) is 7.97. The van der Waals surface area contributed by atoms with Crippen LogP contribution in [0.3, 0.4) is 0 Å². The average molecular weight is 522 g/mol. The van der Waals surface area contributed by atoms with Crippen LogP contribution in [0.2, 0.25) is 5.02 Å². The van der Waals surface area contributed by atoms with Crippen molar-refractivity contribution in [3.8, 4) is 0 Å². The van der Waals surface area contributed by atoms with Gasteiger partial charge in [0.25, 0.3) is 0 Å². The molecule has 0 saturated carbocycles. The molecule has 0 bridgehead atoms. The summed E-state index contributed by atoms with van der Waals surface area (Å²) >= 11 is 6.11. The molecular formula is C26H36ClN3O4S. The Bertz CT molecular complexity index is 1140. The molecule has 0 aliphatic heterocycles. The maximum Gasteiger partial charge on any atom is 0.242 e. The zero-order chi connectivity index (χ0) is 26.2. The topological polar surface area (TPSA) is 86.8 Å². The van der Waals surface area contributed by atoms with E-state index in [1.54, 1.807) is 23.1 Å². The molecule has 0 radical (unpaired) electrons. The first kappa shape index (κ1) is 28.7. The van der Waals surface area contributed by atoms with Gasteiger partial charge in [0.15, 0.2) is 0 Å². The van der Waals surface area contributed by atoms with Gasteiger partial charge in [0, 0.05) is 31.1 Å². The number of nitrogens with one attached hydrogen (secondary N) is 1. The van der Waals surface area contributed by atoms with Crippen molar-refractivity contribution >= 4 is 39.1 Å². The summed E-state index contributed by atoms with van der Waals surface area (Å²) in [5, 5.41) is 3.26. The van der Waals surface area contributed by atoms with E-state index < -0.39 is 16.1 Å². The summed E-state index contributed by atoms with van der Waals surface area (Å²) in [6.45, 7) is 8.43. The fourth-order valence-corrected chi connectivity index (χ4v) is 5.20. The number of sulfonamides is 1. The lowest BCUT2D eigenvalue weighted by atomic mass is 10.1. The molecular weight excluding hydrogens is 486 g/mol. The van der Waals surface area contributed by atoms with Crippen LogP contribution < -0.4 is 9.62 Å². The molecule has 0 heterocycles. The van der Waals surface area contributed by atoms with Crippen LogP contribution in [0.1, 0.15) is 49.8 Å². The highest BCUT2D eigenvalue weighted by Crippen LogP contribution is 2.27. The molecule has 0 spiro atoms. The summed E-state index contributed by atoms with van der Waals surface area (Å²) < 4.78 is 26.4. The number of carbonyl (C=O) groups excluding carboxylic acids is 2. The average Bonchev–Trinajstić information content (AvgIpc) is 2.79. The highest BCUT2D eigenvalue weighted by Gasteiger charge is 2.29. The van der Waals surface area contributed by atoms with Gasteiger partial charge in [-0.1, -0.05) is 48.9 Å². The van der Waals surface area contributed by atoms with Crippen molar-refractivity contribution in [2.75, 3.05) is 23.7 Å². The first-order valence-electron chi connectivity index (χ1n) is 11.8. The van der Waals surface area contributed by atoms with Crippen LogP contribution in [0, 0.1) is 13.8 Å². The predicted octanol–water partition coefficient (Wildman–Crippen LogP) is 4.45. The van der Waals surface area contributed by atoms with E-state index in [1.165, 1.54) is 4.31 Å². The van der Waals surface area contributed by atoms with Gasteiger partial charge >= 0.3 is 0 Å². The van der Waals surface area contributed by atoms with E-state index in [2.05, 4.69) is 5.32 Å². The van der Waals surface area contributed by atoms with E-state index in [9.17, 15) is 18.0 Å². The van der Waals surface area contributed by atoms with Gasteiger partial charge in [-0.2, -0.15) is 0 Å². The number of nitrogens with zero attached hydrogens (tertiary/aromatic N) is 2. The van der Waals surface area contributed by atoms with E-state index in [-0.39, 0.29) is 24.8 Å². The van der Waals surface area contributed by atoms with Gasteiger partial charge in [0.1, 0.15) is 6.04 Å². The summed E-state index contributed by atoms with van der Waals surface area (Å²) in [5.41, 5.74) is 3.28. The van der Waals surface area contributed by atoms with Crippen LogP contribution in [-0.4, -0.2) is 50.5 Å². The monoisotopic (exact) mass is 521 g/mol. The van der Waals surface area contributed by atoms with E-state index >= 15 is 0 Å². The van der Waals surface area contributed by atoms with E-state index in [4.69, 9.17) is 11.6 Å². The SMILES string of the molecule is CCNC(=O)[C@H](CC)N(Cc1ccccc1C)C(=O)CCCN(c1cc(Cl)ccc1C)S(C)(=O)=O. The first-order valence-corrected chi connectivity index (χ1v) is 14.1. The Kier molecular flexibility index (Phi) is 10.6. The molecule has 35 heavy (non-hydrogen) atoms. The lowest BCUT2D eigenvalue weighted by Crippen LogP contribution is -2.49. The number of hydrogen-bond acceptors (Lipinski definition) is 4. The minimum Gasteiger partial charge on any atom is -0.355 e. The van der Waals surface area contributed by atoms with E-state index in [1.807, 2.05) is 52.0 Å². The zero-order valence-electron chi connectivity index (χ0n) is 21.2. The molecule has 1 atom stereocenters. The Balaban J connectivity index is 2.25. The highest BCUT2D eigenvalue weighted by molar-refractivity contribution is 7.92. The summed E-state index contributed by atoms with van der Waals surface area (Å²) in [4.78, 5) is 27.8. The van der Waals surface area contributed by atoms with Gasteiger partial charge in [-0.15, -0.1) is 0 Å². The first-order chi connectivity index (χ1) is 16.5. The molecule has 2 aromatic rings. The quantitative estimate of drug-likeness (QED) is 0.447. The number of carbonyl (C=O) groups is 2. The Hall–Kier alpha value is -2.58. The van der Waals surface area contributed by atoms with Gasteiger partial charge in [-0.05, 0) is 62.4 Å². The van der Waals surface area contributed by atoms with Crippen molar-refractivity contribution in [2.45, 2.75) is 59.5 Å². The molecule has 0 fully saturated rings. The van der Waals surface area contributed by atoms with Crippen LogP contribution in [0.25, 0.3) is 0 Å². The molecule has 0 aliphatic carbocycles. The number of aryl methyl sites for hydroxylation is 2. The number of amides is 2. The largest absolute Gasteiger partial charge is 0.355 e. The number of rotatable bonds is 12. The summed E-state index contributed by atoms with van der Waals surface area (Å²) in [5.74, 6) is -0.383. The van der Waals surface area contributed by atoms with E-state index in [0.29, 0.717) is 36.6 Å². The van der Waals surface area contributed by atoms with E-state index in [0.717, 1.165) is 22.9 Å². The minimum absolute atomic E-state index is 0.105.